The van der Waals surface area contributed by atoms with Gasteiger partial charge in [-0.3, -0.25) is 9.59 Å². The lowest BCUT2D eigenvalue weighted by Crippen LogP contribution is -2.44. The van der Waals surface area contributed by atoms with Gasteiger partial charge in [0.05, 0.1) is 11.4 Å². The zero-order valence-corrected chi connectivity index (χ0v) is 16.8. The lowest BCUT2D eigenvalue weighted by atomic mass is 9.74. The van der Waals surface area contributed by atoms with Crippen LogP contribution in [-0.4, -0.2) is 31.6 Å². The quantitative estimate of drug-likeness (QED) is 0.771. The predicted molar refractivity (Wildman–Crippen MR) is 107 cm³/mol. The summed E-state index contributed by atoms with van der Waals surface area (Å²) < 4.78 is 5.54. The summed E-state index contributed by atoms with van der Waals surface area (Å²) in [4.78, 5) is 25.2. The van der Waals surface area contributed by atoms with Crippen molar-refractivity contribution in [3.63, 3.8) is 0 Å². The Morgan fingerprint density at radius 3 is 2.48 bits per heavy atom. The van der Waals surface area contributed by atoms with Gasteiger partial charge in [0.25, 0.3) is 5.91 Å². The molecule has 0 aliphatic carbocycles. The second-order valence-electron chi connectivity index (χ2n) is 6.76. The molecule has 1 aliphatic heterocycles. The highest BCUT2D eigenvalue weighted by Gasteiger charge is 2.35. The number of benzene rings is 1. The third kappa shape index (κ3) is 5.09. The molecule has 0 saturated carbocycles. The summed E-state index contributed by atoms with van der Waals surface area (Å²) in [5, 5.41) is 6.55. The van der Waals surface area contributed by atoms with E-state index in [1.54, 1.807) is 6.07 Å². The summed E-state index contributed by atoms with van der Waals surface area (Å²) >= 11 is 7.43. The lowest BCUT2D eigenvalue weighted by molar-refractivity contribution is -0.119. The van der Waals surface area contributed by atoms with Crippen molar-refractivity contribution in [1.29, 1.82) is 0 Å². The van der Waals surface area contributed by atoms with Crippen LogP contribution in [-0.2, 0) is 21.5 Å². The number of hydrogen-bond donors (Lipinski definition) is 2. The molecule has 5 nitrogen and oxygen atoms in total. The summed E-state index contributed by atoms with van der Waals surface area (Å²) in [7, 11) is 0. The first-order chi connectivity index (χ1) is 13.0. The van der Waals surface area contributed by atoms with Gasteiger partial charge in [-0.1, -0.05) is 23.7 Å². The molecule has 2 amide bonds. The van der Waals surface area contributed by atoms with Crippen LogP contribution in [0.5, 0.6) is 0 Å². The summed E-state index contributed by atoms with van der Waals surface area (Å²) in [5.41, 5.74) is 1.03. The molecule has 1 fully saturated rings. The highest BCUT2D eigenvalue weighted by Crippen LogP contribution is 2.35. The first-order valence-electron chi connectivity index (χ1n) is 8.94. The van der Waals surface area contributed by atoms with E-state index in [9.17, 15) is 9.59 Å². The molecule has 0 spiro atoms. The molecular weight excluding hydrogens is 384 g/mol. The summed E-state index contributed by atoms with van der Waals surface area (Å²) in [6.07, 6.45) is 1.71. The number of thiophene rings is 1. The zero-order chi connectivity index (χ0) is 19.3. The second-order valence-corrected chi connectivity index (χ2v) is 8.36. The van der Waals surface area contributed by atoms with Crippen LogP contribution in [0.15, 0.2) is 36.4 Å². The van der Waals surface area contributed by atoms with E-state index in [-0.39, 0.29) is 17.2 Å². The van der Waals surface area contributed by atoms with Gasteiger partial charge in [-0.2, -0.15) is 0 Å². The molecule has 1 aliphatic rings. The number of hydrogen-bond acceptors (Lipinski definition) is 4. The summed E-state index contributed by atoms with van der Waals surface area (Å²) in [6.45, 7) is 3.83. The molecule has 27 heavy (non-hydrogen) atoms. The molecule has 0 bridgehead atoms. The number of carbonyl (C=O) groups excluding carboxylic acids is 2. The zero-order valence-electron chi connectivity index (χ0n) is 15.2. The standard InChI is InChI=1S/C20H23ClN2O3S/c1-14(24)22-12-17-6-7-18(27-17)19(25)23-13-20(8-10-26-11-9-20)15-2-4-16(21)5-3-15/h2-7H,8-13H2,1H3,(H,22,24)(H,23,25). The van der Waals surface area contributed by atoms with E-state index in [0.29, 0.717) is 36.2 Å². The van der Waals surface area contributed by atoms with Crippen molar-refractivity contribution in [2.24, 2.45) is 0 Å². The maximum Gasteiger partial charge on any atom is 0.261 e. The van der Waals surface area contributed by atoms with E-state index < -0.39 is 0 Å². The fraction of sp³-hybridized carbons (Fsp3) is 0.400. The third-order valence-electron chi connectivity index (χ3n) is 4.89. The first-order valence-corrected chi connectivity index (χ1v) is 10.1. The van der Waals surface area contributed by atoms with E-state index in [2.05, 4.69) is 10.6 Å². The van der Waals surface area contributed by atoms with Crippen LogP contribution in [0.4, 0.5) is 0 Å². The van der Waals surface area contributed by atoms with E-state index in [1.165, 1.54) is 23.8 Å². The minimum atomic E-state index is -0.144. The van der Waals surface area contributed by atoms with E-state index in [4.69, 9.17) is 16.3 Å². The van der Waals surface area contributed by atoms with Gasteiger partial charge in [-0.25, -0.2) is 0 Å². The number of halogens is 1. The maximum absolute atomic E-state index is 12.6. The van der Waals surface area contributed by atoms with Crippen molar-refractivity contribution in [1.82, 2.24) is 10.6 Å². The molecule has 2 heterocycles. The molecule has 2 N–H and O–H groups in total. The van der Waals surface area contributed by atoms with E-state index in [0.717, 1.165) is 17.7 Å². The number of amides is 2. The summed E-state index contributed by atoms with van der Waals surface area (Å²) in [5.74, 6) is -0.173. The predicted octanol–water partition coefficient (Wildman–Crippen LogP) is 3.52. The Labute approximate surface area is 168 Å². The van der Waals surface area contributed by atoms with Gasteiger partial charge in [-0.15, -0.1) is 11.3 Å². The average Bonchev–Trinajstić information content (AvgIpc) is 3.15. The van der Waals surface area contributed by atoms with E-state index >= 15 is 0 Å². The topological polar surface area (TPSA) is 67.4 Å². The highest BCUT2D eigenvalue weighted by molar-refractivity contribution is 7.14. The number of ether oxygens (including phenoxy) is 1. The van der Waals surface area contributed by atoms with Gasteiger partial charge in [-0.05, 0) is 42.7 Å². The molecule has 1 saturated heterocycles. The Morgan fingerprint density at radius 1 is 1.11 bits per heavy atom. The number of carbonyl (C=O) groups is 2. The summed E-state index contributed by atoms with van der Waals surface area (Å²) in [6, 6.07) is 11.5. The molecule has 2 aromatic rings. The molecule has 0 unspecified atom stereocenters. The SMILES string of the molecule is CC(=O)NCc1ccc(C(=O)NCC2(c3ccc(Cl)cc3)CCOCC2)s1. The molecule has 144 valence electrons. The van der Waals surface area contributed by atoms with Crippen LogP contribution >= 0.6 is 22.9 Å². The van der Waals surface area contributed by atoms with Crippen molar-refractivity contribution in [2.45, 2.75) is 31.7 Å². The van der Waals surface area contributed by atoms with Crippen LogP contribution in [0.2, 0.25) is 5.02 Å². The second kappa shape index (κ2) is 8.87. The Kier molecular flexibility index (Phi) is 6.52. The molecule has 1 aromatic carbocycles. The fourth-order valence-electron chi connectivity index (χ4n) is 3.28. The van der Waals surface area contributed by atoms with Crippen molar-refractivity contribution in [2.75, 3.05) is 19.8 Å². The van der Waals surface area contributed by atoms with Gasteiger partial charge in [0.15, 0.2) is 0 Å². The molecule has 0 atom stereocenters. The fourth-order valence-corrected chi connectivity index (χ4v) is 4.27. The van der Waals surface area contributed by atoms with E-state index in [1.807, 2.05) is 30.3 Å². The Hall–Kier alpha value is -1.89. The van der Waals surface area contributed by atoms with Crippen LogP contribution < -0.4 is 10.6 Å². The monoisotopic (exact) mass is 406 g/mol. The molecule has 3 rings (SSSR count). The van der Waals surface area contributed by atoms with Crippen molar-refractivity contribution in [3.05, 3.63) is 56.7 Å². The van der Waals surface area contributed by atoms with Crippen molar-refractivity contribution >= 4 is 34.8 Å². The van der Waals surface area contributed by atoms with Crippen molar-refractivity contribution in [3.8, 4) is 0 Å². The minimum Gasteiger partial charge on any atom is -0.381 e. The lowest BCUT2D eigenvalue weighted by Gasteiger charge is -2.38. The highest BCUT2D eigenvalue weighted by atomic mass is 35.5. The normalized spacial score (nSPS) is 15.9. The van der Waals surface area contributed by atoms with Gasteiger partial charge >= 0.3 is 0 Å². The molecule has 0 radical (unpaired) electrons. The van der Waals surface area contributed by atoms with Gasteiger partial charge in [0.1, 0.15) is 0 Å². The minimum absolute atomic E-state index is 0.0844. The molecule has 7 heteroatoms. The first kappa shape index (κ1) is 19.9. The number of nitrogens with one attached hydrogen (secondary N) is 2. The smallest absolute Gasteiger partial charge is 0.261 e. The maximum atomic E-state index is 12.6. The van der Waals surface area contributed by atoms with Gasteiger partial charge < -0.3 is 15.4 Å². The van der Waals surface area contributed by atoms with Gasteiger partial charge in [0.2, 0.25) is 5.91 Å². The Bertz CT molecular complexity index is 798. The molecular formula is C20H23ClN2O3S. The van der Waals surface area contributed by atoms with Crippen LogP contribution in [0.1, 0.15) is 39.9 Å². The van der Waals surface area contributed by atoms with Crippen LogP contribution in [0.3, 0.4) is 0 Å². The Balaban J connectivity index is 1.67. The van der Waals surface area contributed by atoms with Crippen molar-refractivity contribution < 1.29 is 14.3 Å². The Morgan fingerprint density at radius 2 is 1.81 bits per heavy atom. The third-order valence-corrected chi connectivity index (χ3v) is 6.23. The largest absolute Gasteiger partial charge is 0.381 e. The average molecular weight is 407 g/mol. The van der Waals surface area contributed by atoms with Gasteiger partial charge in [0, 0.05) is 42.0 Å². The number of rotatable bonds is 6. The van der Waals surface area contributed by atoms with Crippen LogP contribution in [0.25, 0.3) is 0 Å². The molecule has 1 aromatic heterocycles. The van der Waals surface area contributed by atoms with Crippen LogP contribution in [0, 0.1) is 0 Å².